The third-order valence-corrected chi connectivity index (χ3v) is 8.39. The molecule has 0 unspecified atom stereocenters. The van der Waals surface area contributed by atoms with Crippen LogP contribution in [0.15, 0.2) is 24.3 Å². The first-order chi connectivity index (χ1) is 16.6. The summed E-state index contributed by atoms with van der Waals surface area (Å²) in [6, 6.07) is 4.17. The van der Waals surface area contributed by atoms with Crippen molar-refractivity contribution >= 4 is 32.2 Å². The Kier molecular flexibility index (Phi) is 9.31. The number of carbonyl (C=O) groups is 2. The molecule has 0 radical (unpaired) electrons. The minimum atomic E-state index is -7.95. The Morgan fingerprint density at radius 1 is 0.763 bits per heavy atom. The summed E-state index contributed by atoms with van der Waals surface area (Å²) >= 11 is 0. The van der Waals surface area contributed by atoms with Crippen molar-refractivity contribution in [2.24, 2.45) is 0 Å². The molecule has 0 heterocycles. The average molecular weight is 616 g/mol. The van der Waals surface area contributed by atoms with Crippen LogP contribution in [0.1, 0.15) is 34.6 Å². The van der Waals surface area contributed by atoms with Crippen LogP contribution in [0.3, 0.4) is 0 Å². The number of benzene rings is 1. The van der Waals surface area contributed by atoms with Crippen molar-refractivity contribution < 1.29 is 74.7 Å². The molecule has 0 spiro atoms. The molecule has 0 fully saturated rings. The minimum absolute atomic E-state index is 0.0425. The van der Waals surface area contributed by atoms with E-state index in [1.54, 1.807) is 0 Å². The highest BCUT2D eigenvalue weighted by Gasteiger charge is 2.90. The van der Waals surface area contributed by atoms with Gasteiger partial charge in [-0.1, -0.05) is 12.1 Å². The Hall–Kier alpha value is -2.15. The number of Topliss-reactive ketones (excluding diaryl/α,β-unsaturated/α-hetero) is 1. The van der Waals surface area contributed by atoms with Gasteiger partial charge >= 0.3 is 45.3 Å². The predicted octanol–water partition coefficient (Wildman–Crippen LogP) is 5.82. The highest BCUT2D eigenvalue weighted by Crippen LogP contribution is 2.60. The molecule has 0 aliphatic carbocycles. The summed E-state index contributed by atoms with van der Waals surface area (Å²) in [6.45, 7) is 3.08. The third-order valence-electron chi connectivity index (χ3n) is 4.36. The van der Waals surface area contributed by atoms with Crippen LogP contribution in [0.5, 0.6) is 0 Å². The highest BCUT2D eigenvalue weighted by molar-refractivity contribution is 8.32. The van der Waals surface area contributed by atoms with Gasteiger partial charge in [0.2, 0.25) is 0 Å². The van der Waals surface area contributed by atoms with Crippen molar-refractivity contribution in [3.05, 3.63) is 35.4 Å². The molecule has 0 aliphatic heterocycles. The van der Waals surface area contributed by atoms with Crippen molar-refractivity contribution in [2.45, 2.75) is 49.1 Å². The Bertz CT molecular complexity index is 1140. The van der Waals surface area contributed by atoms with Crippen molar-refractivity contribution in [1.29, 1.82) is 0 Å². The first-order valence-corrected chi connectivity index (χ1v) is 13.7. The molecule has 0 atom stereocenters. The molecular weight excluding hydrogens is 597 g/mol. The lowest BCUT2D eigenvalue weighted by Gasteiger charge is -2.38. The van der Waals surface area contributed by atoms with Crippen LogP contribution < -0.4 is 0 Å². The molecule has 1 aromatic rings. The summed E-state index contributed by atoms with van der Waals surface area (Å²) in [6.07, 6.45) is -6.77. The maximum Gasteiger partial charge on any atom is 0.460 e. The monoisotopic (exact) mass is 616 g/mol. The molecule has 1 aromatic carbocycles. The van der Waals surface area contributed by atoms with Gasteiger partial charge in [0.1, 0.15) is 0 Å². The lowest BCUT2D eigenvalue weighted by Crippen LogP contribution is -2.68. The molecule has 0 aromatic heterocycles. The Morgan fingerprint density at radius 3 is 1.58 bits per heavy atom. The molecule has 0 bridgehead atoms. The molecule has 0 amide bonds. The van der Waals surface area contributed by atoms with Gasteiger partial charge in [0.25, 0.3) is 0 Å². The van der Waals surface area contributed by atoms with Gasteiger partial charge in [0.05, 0.1) is 17.4 Å². The Labute approximate surface area is 210 Å². The van der Waals surface area contributed by atoms with Gasteiger partial charge in [-0.05, 0) is 38.5 Å². The molecule has 38 heavy (non-hydrogen) atoms. The van der Waals surface area contributed by atoms with Gasteiger partial charge in [-0.3, -0.25) is 4.79 Å². The fraction of sp³-hybridized carbons (Fsp3) is 0.579. The lowest BCUT2D eigenvalue weighted by atomic mass is 10.0. The van der Waals surface area contributed by atoms with E-state index in [-0.39, 0.29) is 11.1 Å². The van der Waals surface area contributed by atoms with Crippen molar-refractivity contribution in [2.75, 3.05) is 18.3 Å². The van der Waals surface area contributed by atoms with Gasteiger partial charge in [0, 0.05) is 5.56 Å². The van der Waals surface area contributed by atoms with Crippen LogP contribution in [-0.2, 0) is 18.5 Å². The second kappa shape index (κ2) is 10.4. The lowest BCUT2D eigenvalue weighted by molar-refractivity contribution is -0.413. The number of hydrogen-bond acceptors (Lipinski definition) is 6. The van der Waals surface area contributed by atoms with E-state index >= 15 is 0 Å². The second-order valence-electron chi connectivity index (χ2n) is 8.30. The summed E-state index contributed by atoms with van der Waals surface area (Å²) < 4.78 is 177. The zero-order valence-electron chi connectivity index (χ0n) is 19.5. The van der Waals surface area contributed by atoms with E-state index in [1.165, 1.54) is 13.8 Å². The maximum absolute atomic E-state index is 14.0. The van der Waals surface area contributed by atoms with Gasteiger partial charge in [-0.2, -0.15) is 56.7 Å². The number of esters is 1. The number of alkyl halides is 11. The molecule has 220 valence electrons. The number of rotatable bonds is 11. The topological polar surface area (TPSA) is 86.7 Å². The van der Waals surface area contributed by atoms with Crippen LogP contribution in [0.2, 0.25) is 0 Å². The molecule has 19 heteroatoms. The summed E-state index contributed by atoms with van der Waals surface area (Å²) in [7, 11) is -11.1. The largest absolute Gasteiger partial charge is 0.460 e. The summed E-state index contributed by atoms with van der Waals surface area (Å²) in [5.41, 5.74) is -0.333. The smallest absolute Gasteiger partial charge is 0.459 e. The van der Waals surface area contributed by atoms with E-state index < -0.39 is 73.2 Å². The van der Waals surface area contributed by atoms with Crippen LogP contribution in [0, 0.1) is 0 Å². The molecule has 0 saturated carbocycles. The second-order valence-corrected chi connectivity index (χ2v) is 13.4. The standard InChI is InChI=1S/C19H19F11O6S2/c1-10(2)35-14(32)12-7-5-11(6-8-12)13(31)9-37(3,4)36-38(33,34)19(29,30)17(24,25)15(20,21)16(22,23)18(26,27)28/h5-8,10H,9H2,1-4H3. The fourth-order valence-electron chi connectivity index (χ4n) is 2.50. The van der Waals surface area contributed by atoms with Crippen molar-refractivity contribution in [3.8, 4) is 0 Å². The van der Waals surface area contributed by atoms with E-state index in [9.17, 15) is 66.3 Å². The zero-order valence-corrected chi connectivity index (χ0v) is 21.2. The Morgan fingerprint density at radius 2 is 1.18 bits per heavy atom. The first-order valence-electron chi connectivity index (χ1n) is 9.73. The summed E-state index contributed by atoms with van der Waals surface area (Å²) in [5, 5.41) is -7.32. The third kappa shape index (κ3) is 6.35. The van der Waals surface area contributed by atoms with E-state index in [4.69, 9.17) is 4.74 Å². The number of hydrogen-bond donors (Lipinski definition) is 0. The van der Waals surface area contributed by atoms with E-state index in [0.717, 1.165) is 24.3 Å². The predicted molar refractivity (Wildman–Crippen MR) is 111 cm³/mol. The molecular formula is C19H19F11O6S2. The SMILES string of the molecule is CC(C)OC(=O)c1ccc(C(=O)CS(C)(C)OS(=O)(=O)C(F)(F)C(F)(F)C(F)(F)C(F)(F)C(F)(F)F)cc1. The normalized spacial score (nSPS) is 14.9. The van der Waals surface area contributed by atoms with Crippen molar-refractivity contribution in [3.63, 3.8) is 0 Å². The molecule has 0 aliphatic rings. The zero-order chi connectivity index (χ0) is 30.3. The Balaban J connectivity index is 3.22. The quantitative estimate of drug-likeness (QED) is 0.177. The van der Waals surface area contributed by atoms with E-state index in [2.05, 4.69) is 3.63 Å². The maximum atomic E-state index is 14.0. The molecule has 0 saturated heterocycles. The van der Waals surface area contributed by atoms with Gasteiger partial charge in [-0.15, -0.1) is 10.3 Å². The number of ketones is 1. The van der Waals surface area contributed by atoms with Crippen molar-refractivity contribution in [1.82, 2.24) is 0 Å². The van der Waals surface area contributed by atoms with Crippen LogP contribution in [-0.4, -0.2) is 73.7 Å². The average Bonchev–Trinajstić information content (AvgIpc) is 2.70. The van der Waals surface area contributed by atoms with E-state index in [0.29, 0.717) is 12.5 Å². The molecule has 1 rings (SSSR count). The van der Waals surface area contributed by atoms with Gasteiger partial charge in [-0.25, -0.2) is 8.42 Å². The first kappa shape index (κ1) is 33.9. The van der Waals surface area contributed by atoms with Gasteiger partial charge in [0.15, 0.2) is 5.78 Å². The summed E-state index contributed by atoms with van der Waals surface area (Å²) in [5.74, 6) is -26.6. The minimum Gasteiger partial charge on any atom is -0.459 e. The summed E-state index contributed by atoms with van der Waals surface area (Å²) in [4.78, 5) is 24.2. The highest BCUT2D eigenvalue weighted by atomic mass is 32.3. The number of carbonyl (C=O) groups excluding carboxylic acids is 2. The van der Waals surface area contributed by atoms with E-state index in [1.807, 2.05) is 0 Å². The number of ether oxygens (including phenoxy) is 1. The van der Waals surface area contributed by atoms with Crippen LogP contribution in [0.25, 0.3) is 0 Å². The van der Waals surface area contributed by atoms with Crippen LogP contribution in [0.4, 0.5) is 48.3 Å². The molecule has 0 N–H and O–H groups in total. The number of halogens is 11. The van der Waals surface area contributed by atoms with Crippen LogP contribution >= 0.6 is 10.3 Å². The molecule has 6 nitrogen and oxygen atoms in total. The van der Waals surface area contributed by atoms with Gasteiger partial charge < -0.3 is 4.74 Å². The fourth-order valence-corrected chi connectivity index (χ4v) is 6.21.